The van der Waals surface area contributed by atoms with E-state index in [1.165, 1.54) is 11.3 Å². The Morgan fingerprint density at radius 3 is 2.95 bits per heavy atom. The maximum Gasteiger partial charge on any atom is 0.265 e. The van der Waals surface area contributed by atoms with Crippen LogP contribution in [-0.2, 0) is 13.6 Å². The number of rotatable bonds is 5. The lowest BCUT2D eigenvalue weighted by atomic mass is 10.4. The molecule has 20 heavy (non-hydrogen) atoms. The van der Waals surface area contributed by atoms with Gasteiger partial charge >= 0.3 is 0 Å². The molecular formula is C12H18N6OS. The van der Waals surface area contributed by atoms with Crippen molar-refractivity contribution in [2.24, 2.45) is 7.05 Å². The van der Waals surface area contributed by atoms with Gasteiger partial charge in [-0.15, -0.1) is 0 Å². The largest absolute Gasteiger partial charge is 0.382 e. The molecule has 0 aromatic carbocycles. The van der Waals surface area contributed by atoms with Gasteiger partial charge in [-0.05, 0) is 6.92 Å². The molecule has 0 aliphatic rings. The zero-order chi connectivity index (χ0) is 14.7. The van der Waals surface area contributed by atoms with Crippen molar-refractivity contribution >= 4 is 28.2 Å². The summed E-state index contributed by atoms with van der Waals surface area (Å²) in [6.45, 7) is 3.18. The quantitative estimate of drug-likeness (QED) is 0.853. The molecule has 7 nitrogen and oxygen atoms in total. The van der Waals surface area contributed by atoms with Gasteiger partial charge in [0.25, 0.3) is 5.91 Å². The molecule has 2 aromatic rings. The molecule has 1 amide bonds. The molecule has 0 unspecified atom stereocenters. The first-order valence-corrected chi connectivity index (χ1v) is 7.06. The number of carbonyl (C=O) groups is 1. The predicted molar refractivity (Wildman–Crippen MR) is 79.8 cm³/mol. The third-order valence-electron chi connectivity index (χ3n) is 2.98. The molecule has 0 atom stereocenters. The molecule has 0 spiro atoms. The number of carbonyl (C=O) groups excluding carboxylic acids is 1. The van der Waals surface area contributed by atoms with Gasteiger partial charge in [-0.25, -0.2) is 9.97 Å². The zero-order valence-corrected chi connectivity index (χ0v) is 12.6. The number of nitrogens with two attached hydrogens (primary N) is 1. The van der Waals surface area contributed by atoms with E-state index >= 15 is 0 Å². The number of imidazole rings is 1. The molecule has 0 aliphatic heterocycles. The van der Waals surface area contributed by atoms with Crippen LogP contribution in [0.1, 0.15) is 22.4 Å². The third kappa shape index (κ3) is 2.90. The maximum absolute atomic E-state index is 12.1. The summed E-state index contributed by atoms with van der Waals surface area (Å²) in [5.41, 5.74) is 5.80. The number of anilines is 2. The molecule has 0 saturated carbocycles. The van der Waals surface area contributed by atoms with Crippen LogP contribution in [0.2, 0.25) is 0 Å². The molecule has 8 heteroatoms. The van der Waals surface area contributed by atoms with Gasteiger partial charge in [0, 0.05) is 33.0 Å². The summed E-state index contributed by atoms with van der Waals surface area (Å²) >= 11 is 1.29. The molecule has 2 heterocycles. The molecule has 0 bridgehead atoms. The Morgan fingerprint density at radius 2 is 2.35 bits per heavy atom. The van der Waals surface area contributed by atoms with Crippen molar-refractivity contribution in [3.63, 3.8) is 0 Å². The highest BCUT2D eigenvalue weighted by Crippen LogP contribution is 2.27. The highest BCUT2D eigenvalue weighted by Gasteiger charge is 2.17. The number of nitrogen functional groups attached to an aromatic ring is 1. The molecule has 0 fully saturated rings. The fourth-order valence-electron chi connectivity index (χ4n) is 1.59. The van der Waals surface area contributed by atoms with Crippen LogP contribution in [0.4, 0.5) is 10.9 Å². The summed E-state index contributed by atoms with van der Waals surface area (Å²) in [5, 5.41) is 3.55. The Kier molecular flexibility index (Phi) is 4.23. The first kappa shape index (κ1) is 14.3. The van der Waals surface area contributed by atoms with Gasteiger partial charge in [0.2, 0.25) is 0 Å². The Labute approximate surface area is 121 Å². The highest BCUT2D eigenvalue weighted by atomic mass is 32.1. The number of nitrogens with zero attached hydrogens (tertiary/aromatic N) is 4. The minimum atomic E-state index is -0.223. The van der Waals surface area contributed by atoms with E-state index in [1.807, 2.05) is 36.7 Å². The van der Waals surface area contributed by atoms with Crippen molar-refractivity contribution in [2.75, 3.05) is 24.2 Å². The van der Waals surface area contributed by atoms with Crippen LogP contribution in [0.15, 0.2) is 12.4 Å². The molecule has 2 rings (SSSR count). The number of amides is 1. The fourth-order valence-corrected chi connectivity index (χ4v) is 2.51. The molecule has 0 aliphatic carbocycles. The smallest absolute Gasteiger partial charge is 0.265 e. The van der Waals surface area contributed by atoms with Crippen LogP contribution in [0, 0.1) is 0 Å². The number of nitrogens with one attached hydrogen (secondary N) is 1. The van der Waals surface area contributed by atoms with Crippen LogP contribution < -0.4 is 16.0 Å². The topological polar surface area (TPSA) is 89.1 Å². The summed E-state index contributed by atoms with van der Waals surface area (Å²) < 4.78 is 1.85. The van der Waals surface area contributed by atoms with E-state index in [2.05, 4.69) is 15.3 Å². The van der Waals surface area contributed by atoms with Gasteiger partial charge in [0.15, 0.2) is 5.13 Å². The second-order valence-electron chi connectivity index (χ2n) is 4.36. The lowest BCUT2D eigenvalue weighted by Gasteiger charge is -2.10. The first-order chi connectivity index (χ1) is 9.52. The van der Waals surface area contributed by atoms with Gasteiger partial charge in [0.05, 0.1) is 6.54 Å². The van der Waals surface area contributed by atoms with E-state index in [1.54, 1.807) is 6.20 Å². The van der Waals surface area contributed by atoms with E-state index in [9.17, 15) is 4.79 Å². The summed E-state index contributed by atoms with van der Waals surface area (Å²) in [4.78, 5) is 22.9. The van der Waals surface area contributed by atoms with Crippen molar-refractivity contribution < 1.29 is 4.79 Å². The highest BCUT2D eigenvalue weighted by molar-refractivity contribution is 7.18. The van der Waals surface area contributed by atoms with Crippen molar-refractivity contribution in [3.8, 4) is 0 Å². The molecule has 0 saturated heterocycles. The van der Waals surface area contributed by atoms with E-state index in [4.69, 9.17) is 5.73 Å². The van der Waals surface area contributed by atoms with Crippen molar-refractivity contribution in [2.45, 2.75) is 13.5 Å². The van der Waals surface area contributed by atoms with Crippen molar-refractivity contribution in [3.05, 3.63) is 23.1 Å². The minimum Gasteiger partial charge on any atom is -0.382 e. The van der Waals surface area contributed by atoms with E-state index < -0.39 is 0 Å². The van der Waals surface area contributed by atoms with Crippen molar-refractivity contribution in [1.29, 1.82) is 0 Å². The van der Waals surface area contributed by atoms with Crippen LogP contribution in [0.3, 0.4) is 0 Å². The Bertz CT molecular complexity index is 605. The molecular weight excluding hydrogens is 276 g/mol. The summed E-state index contributed by atoms with van der Waals surface area (Å²) in [7, 11) is 3.79. The average Bonchev–Trinajstić information content (AvgIpc) is 3.01. The van der Waals surface area contributed by atoms with Gasteiger partial charge < -0.3 is 20.5 Å². The molecule has 3 N–H and O–H groups in total. The first-order valence-electron chi connectivity index (χ1n) is 6.24. The standard InChI is InChI=1S/C12H18N6OS/c1-4-17(2)12-16-10(13)9(20-12)11(19)15-7-8-14-5-6-18(8)3/h5-6H,4,7,13H2,1-3H3,(H,15,19). The maximum atomic E-state index is 12.1. The second kappa shape index (κ2) is 5.91. The summed E-state index contributed by atoms with van der Waals surface area (Å²) in [6.07, 6.45) is 3.52. The van der Waals surface area contributed by atoms with Crippen LogP contribution in [0.25, 0.3) is 0 Å². The fraction of sp³-hybridized carbons (Fsp3) is 0.417. The lowest BCUT2D eigenvalue weighted by molar-refractivity contribution is 0.0954. The second-order valence-corrected chi connectivity index (χ2v) is 5.34. The Hall–Kier alpha value is -2.09. The van der Waals surface area contributed by atoms with Crippen molar-refractivity contribution in [1.82, 2.24) is 19.9 Å². The number of hydrogen-bond acceptors (Lipinski definition) is 6. The Balaban J connectivity index is 2.06. The van der Waals surface area contributed by atoms with E-state index in [0.29, 0.717) is 11.4 Å². The summed E-state index contributed by atoms with van der Waals surface area (Å²) in [6, 6.07) is 0. The number of aromatic nitrogens is 3. The number of aryl methyl sites for hydroxylation is 1. The average molecular weight is 294 g/mol. The van der Waals surface area contributed by atoms with Gasteiger partial charge in [-0.2, -0.15) is 0 Å². The Morgan fingerprint density at radius 1 is 1.60 bits per heavy atom. The molecule has 108 valence electrons. The van der Waals surface area contributed by atoms with Crippen LogP contribution >= 0.6 is 11.3 Å². The lowest BCUT2D eigenvalue weighted by Crippen LogP contribution is -2.24. The van der Waals surface area contributed by atoms with Crippen LogP contribution in [0.5, 0.6) is 0 Å². The number of thiazole rings is 1. The van der Waals surface area contributed by atoms with Gasteiger partial charge in [0.1, 0.15) is 16.5 Å². The van der Waals surface area contributed by atoms with Crippen LogP contribution in [-0.4, -0.2) is 34.0 Å². The third-order valence-corrected chi connectivity index (χ3v) is 4.16. The number of hydrogen-bond donors (Lipinski definition) is 2. The zero-order valence-electron chi connectivity index (χ0n) is 11.8. The van der Waals surface area contributed by atoms with E-state index in [0.717, 1.165) is 17.5 Å². The van der Waals surface area contributed by atoms with Gasteiger partial charge in [-0.1, -0.05) is 11.3 Å². The molecule has 0 radical (unpaired) electrons. The van der Waals surface area contributed by atoms with Gasteiger partial charge in [-0.3, -0.25) is 4.79 Å². The SMILES string of the molecule is CCN(C)c1nc(N)c(C(=O)NCc2nccn2C)s1. The summed E-state index contributed by atoms with van der Waals surface area (Å²) in [5.74, 6) is 0.828. The minimum absolute atomic E-state index is 0.223. The normalized spacial score (nSPS) is 10.6. The van der Waals surface area contributed by atoms with E-state index in [-0.39, 0.29) is 11.7 Å². The predicted octanol–water partition coefficient (Wildman–Crippen LogP) is 0.845. The monoisotopic (exact) mass is 294 g/mol. The molecule has 2 aromatic heterocycles.